The quantitative estimate of drug-likeness (QED) is 0.721. The highest BCUT2D eigenvalue weighted by Crippen LogP contribution is 2.13. The summed E-state index contributed by atoms with van der Waals surface area (Å²) < 4.78 is 24.2. The van der Waals surface area contributed by atoms with Crippen molar-refractivity contribution in [2.75, 3.05) is 37.9 Å². The first kappa shape index (κ1) is 14.3. The van der Waals surface area contributed by atoms with Crippen LogP contribution in [0.25, 0.3) is 0 Å². The van der Waals surface area contributed by atoms with Gasteiger partial charge in [-0.25, -0.2) is 12.7 Å². The van der Waals surface area contributed by atoms with Crippen LogP contribution in [0.5, 0.6) is 0 Å². The van der Waals surface area contributed by atoms with Crippen LogP contribution in [0.3, 0.4) is 0 Å². The summed E-state index contributed by atoms with van der Waals surface area (Å²) in [5.41, 5.74) is 0. The largest absolute Gasteiger partial charge is 0.314 e. The first-order valence-corrected chi connectivity index (χ1v) is 8.95. The van der Waals surface area contributed by atoms with Gasteiger partial charge in [-0.2, -0.15) is 11.8 Å². The number of nitrogens with one attached hydrogen (secondary N) is 1. The second-order valence-electron chi connectivity index (χ2n) is 4.24. The van der Waals surface area contributed by atoms with Gasteiger partial charge in [-0.05, 0) is 37.8 Å². The average Bonchev–Trinajstić information content (AvgIpc) is 2.24. The van der Waals surface area contributed by atoms with E-state index >= 15 is 0 Å². The van der Waals surface area contributed by atoms with Crippen molar-refractivity contribution in [1.82, 2.24) is 9.62 Å². The Bertz CT molecular complexity index is 285. The van der Waals surface area contributed by atoms with E-state index in [4.69, 9.17) is 0 Å². The van der Waals surface area contributed by atoms with Crippen molar-refractivity contribution in [3.05, 3.63) is 0 Å². The molecule has 1 saturated heterocycles. The van der Waals surface area contributed by atoms with Crippen LogP contribution in [0.1, 0.15) is 19.3 Å². The van der Waals surface area contributed by atoms with Gasteiger partial charge in [-0.3, -0.25) is 0 Å². The fourth-order valence-electron chi connectivity index (χ4n) is 1.91. The van der Waals surface area contributed by atoms with Crippen LogP contribution < -0.4 is 5.32 Å². The van der Waals surface area contributed by atoms with Crippen molar-refractivity contribution >= 4 is 21.8 Å². The lowest BCUT2D eigenvalue weighted by Gasteiger charge is -2.30. The van der Waals surface area contributed by atoms with Crippen LogP contribution in [0.2, 0.25) is 0 Å². The van der Waals surface area contributed by atoms with Gasteiger partial charge in [0.1, 0.15) is 0 Å². The summed E-state index contributed by atoms with van der Waals surface area (Å²) in [6.07, 6.45) is 6.47. The standard InChI is InChI=1S/C10H22N2O2S2/c1-15-9-3-6-11-10-4-7-12(8-5-10)16(2,13)14/h10-11H,3-9H2,1-2H3. The molecule has 1 aliphatic rings. The van der Waals surface area contributed by atoms with E-state index in [-0.39, 0.29) is 0 Å². The van der Waals surface area contributed by atoms with Crippen molar-refractivity contribution in [2.45, 2.75) is 25.3 Å². The van der Waals surface area contributed by atoms with Gasteiger partial charge >= 0.3 is 0 Å². The van der Waals surface area contributed by atoms with Gasteiger partial charge in [0, 0.05) is 19.1 Å². The lowest BCUT2D eigenvalue weighted by molar-refractivity contribution is 0.291. The monoisotopic (exact) mass is 266 g/mol. The lowest BCUT2D eigenvalue weighted by Crippen LogP contribution is -2.44. The summed E-state index contributed by atoms with van der Waals surface area (Å²) in [7, 11) is -2.98. The zero-order valence-corrected chi connectivity index (χ0v) is 11.7. The zero-order valence-electron chi connectivity index (χ0n) is 10.1. The predicted octanol–water partition coefficient (Wildman–Crippen LogP) is 0.753. The molecular weight excluding hydrogens is 244 g/mol. The van der Waals surface area contributed by atoms with Crippen LogP contribution in [0.15, 0.2) is 0 Å². The molecule has 0 aromatic heterocycles. The fraction of sp³-hybridized carbons (Fsp3) is 1.00. The van der Waals surface area contributed by atoms with Crippen molar-refractivity contribution in [3.63, 3.8) is 0 Å². The Kier molecular flexibility index (Phi) is 6.10. The number of nitrogens with zero attached hydrogens (tertiary/aromatic N) is 1. The van der Waals surface area contributed by atoms with Gasteiger partial charge < -0.3 is 5.32 Å². The summed E-state index contributed by atoms with van der Waals surface area (Å²) >= 11 is 1.86. The zero-order chi connectivity index (χ0) is 12.0. The molecule has 96 valence electrons. The van der Waals surface area contributed by atoms with Gasteiger partial charge in [0.15, 0.2) is 0 Å². The Hall–Kier alpha value is 0.220. The van der Waals surface area contributed by atoms with E-state index in [2.05, 4.69) is 11.6 Å². The molecule has 1 heterocycles. The molecular formula is C10H22N2O2S2. The number of piperidine rings is 1. The molecule has 16 heavy (non-hydrogen) atoms. The SMILES string of the molecule is CSCCCNC1CCN(S(C)(=O)=O)CC1. The fourth-order valence-corrected chi connectivity index (χ4v) is 3.22. The van der Waals surface area contributed by atoms with E-state index in [1.54, 1.807) is 4.31 Å². The van der Waals surface area contributed by atoms with Crippen LogP contribution in [-0.2, 0) is 10.0 Å². The minimum absolute atomic E-state index is 0.500. The topological polar surface area (TPSA) is 49.4 Å². The summed E-state index contributed by atoms with van der Waals surface area (Å²) in [6.45, 7) is 2.38. The smallest absolute Gasteiger partial charge is 0.211 e. The summed E-state index contributed by atoms with van der Waals surface area (Å²) in [6, 6.07) is 0.500. The Morgan fingerprint density at radius 2 is 2.00 bits per heavy atom. The first-order chi connectivity index (χ1) is 7.54. The van der Waals surface area contributed by atoms with Gasteiger partial charge in [-0.15, -0.1) is 0 Å². The van der Waals surface area contributed by atoms with Crippen molar-refractivity contribution in [3.8, 4) is 0 Å². The van der Waals surface area contributed by atoms with Crippen LogP contribution in [-0.4, -0.2) is 56.7 Å². The molecule has 1 rings (SSSR count). The molecule has 0 aromatic carbocycles. The van der Waals surface area contributed by atoms with Gasteiger partial charge in [0.2, 0.25) is 10.0 Å². The lowest BCUT2D eigenvalue weighted by atomic mass is 10.1. The third kappa shape index (κ3) is 5.03. The minimum atomic E-state index is -2.98. The van der Waals surface area contributed by atoms with Gasteiger partial charge in [-0.1, -0.05) is 0 Å². The third-order valence-corrected chi connectivity index (χ3v) is 4.88. The van der Waals surface area contributed by atoms with Crippen molar-refractivity contribution in [2.24, 2.45) is 0 Å². The highest BCUT2D eigenvalue weighted by atomic mass is 32.2. The van der Waals surface area contributed by atoms with E-state index in [0.29, 0.717) is 19.1 Å². The van der Waals surface area contributed by atoms with Crippen LogP contribution in [0.4, 0.5) is 0 Å². The number of sulfonamides is 1. The van der Waals surface area contributed by atoms with Crippen LogP contribution in [0, 0.1) is 0 Å². The molecule has 1 fully saturated rings. The number of rotatable bonds is 6. The molecule has 0 atom stereocenters. The maximum atomic E-state index is 11.3. The molecule has 4 nitrogen and oxygen atoms in total. The average molecular weight is 266 g/mol. The predicted molar refractivity (Wildman–Crippen MR) is 70.4 cm³/mol. The van der Waals surface area contributed by atoms with E-state index in [9.17, 15) is 8.42 Å². The number of hydrogen-bond donors (Lipinski definition) is 1. The molecule has 0 amide bonds. The highest BCUT2D eigenvalue weighted by Gasteiger charge is 2.24. The number of thioether (sulfide) groups is 1. The molecule has 6 heteroatoms. The normalized spacial score (nSPS) is 20.1. The Balaban J connectivity index is 2.17. The molecule has 0 aromatic rings. The molecule has 1 aliphatic heterocycles. The van der Waals surface area contributed by atoms with Crippen molar-refractivity contribution in [1.29, 1.82) is 0 Å². The second-order valence-corrected chi connectivity index (χ2v) is 7.20. The summed E-state index contributed by atoms with van der Waals surface area (Å²) in [5.74, 6) is 1.19. The molecule has 0 aliphatic carbocycles. The van der Waals surface area contributed by atoms with E-state index in [1.807, 2.05) is 11.8 Å². The summed E-state index contributed by atoms with van der Waals surface area (Å²) in [4.78, 5) is 0. The van der Waals surface area contributed by atoms with Crippen molar-refractivity contribution < 1.29 is 8.42 Å². The highest BCUT2D eigenvalue weighted by molar-refractivity contribution is 7.98. The van der Waals surface area contributed by atoms with E-state index < -0.39 is 10.0 Å². The summed E-state index contributed by atoms with van der Waals surface area (Å²) in [5, 5.41) is 3.49. The Morgan fingerprint density at radius 1 is 1.38 bits per heavy atom. The van der Waals surface area contributed by atoms with Gasteiger partial charge in [0.25, 0.3) is 0 Å². The maximum Gasteiger partial charge on any atom is 0.211 e. The molecule has 0 spiro atoms. The third-order valence-electron chi connectivity index (χ3n) is 2.88. The van der Waals surface area contributed by atoms with Gasteiger partial charge in [0.05, 0.1) is 6.26 Å². The number of hydrogen-bond acceptors (Lipinski definition) is 4. The molecule has 0 unspecified atom stereocenters. The Labute approximate surface area is 103 Å². The molecule has 0 saturated carbocycles. The second kappa shape index (κ2) is 6.83. The van der Waals surface area contributed by atoms with E-state index in [0.717, 1.165) is 19.4 Å². The first-order valence-electron chi connectivity index (χ1n) is 5.71. The van der Waals surface area contributed by atoms with Crippen LogP contribution >= 0.6 is 11.8 Å². The maximum absolute atomic E-state index is 11.3. The van der Waals surface area contributed by atoms with E-state index in [1.165, 1.54) is 18.4 Å². The molecule has 1 N–H and O–H groups in total. The Morgan fingerprint density at radius 3 is 2.50 bits per heavy atom. The molecule has 0 radical (unpaired) electrons. The molecule has 0 bridgehead atoms. The minimum Gasteiger partial charge on any atom is -0.314 e.